The van der Waals surface area contributed by atoms with E-state index in [0.29, 0.717) is 0 Å². The van der Waals surface area contributed by atoms with Crippen LogP contribution in [0.1, 0.15) is 25.7 Å². The number of aliphatic hydroxyl groups excluding tert-OH is 1. The van der Waals surface area contributed by atoms with Gasteiger partial charge in [-0.15, -0.1) is 0 Å². The summed E-state index contributed by atoms with van der Waals surface area (Å²) in [7, 11) is 1.65. The summed E-state index contributed by atoms with van der Waals surface area (Å²) in [4.78, 5) is 0. The van der Waals surface area contributed by atoms with Gasteiger partial charge in [0.25, 0.3) is 0 Å². The Labute approximate surface area is 110 Å². The SMILES string of the molecule is COc1ccc(NC2CCCCC2O)cc1Br. The summed E-state index contributed by atoms with van der Waals surface area (Å²) in [6.45, 7) is 0. The molecule has 2 N–H and O–H groups in total. The largest absolute Gasteiger partial charge is 0.496 e. The van der Waals surface area contributed by atoms with Crippen molar-refractivity contribution in [1.29, 1.82) is 0 Å². The fraction of sp³-hybridized carbons (Fsp3) is 0.538. The lowest BCUT2D eigenvalue weighted by atomic mass is 9.92. The van der Waals surface area contributed by atoms with Gasteiger partial charge in [-0.3, -0.25) is 0 Å². The van der Waals surface area contributed by atoms with E-state index < -0.39 is 0 Å². The van der Waals surface area contributed by atoms with E-state index in [1.54, 1.807) is 7.11 Å². The van der Waals surface area contributed by atoms with Crippen LogP contribution in [-0.2, 0) is 0 Å². The van der Waals surface area contributed by atoms with E-state index >= 15 is 0 Å². The maximum absolute atomic E-state index is 9.90. The highest BCUT2D eigenvalue weighted by atomic mass is 79.9. The number of benzene rings is 1. The molecule has 0 radical (unpaired) electrons. The molecular weight excluding hydrogens is 282 g/mol. The van der Waals surface area contributed by atoms with Crippen LogP contribution < -0.4 is 10.1 Å². The molecule has 0 spiro atoms. The maximum Gasteiger partial charge on any atom is 0.133 e. The normalized spacial score (nSPS) is 24.4. The number of rotatable bonds is 3. The number of methoxy groups -OCH3 is 1. The zero-order chi connectivity index (χ0) is 12.3. The van der Waals surface area contributed by atoms with Crippen LogP contribution in [0.5, 0.6) is 5.75 Å². The molecule has 1 aromatic carbocycles. The summed E-state index contributed by atoms with van der Waals surface area (Å²) in [5, 5.41) is 13.3. The van der Waals surface area contributed by atoms with E-state index in [2.05, 4.69) is 21.2 Å². The number of hydrogen-bond acceptors (Lipinski definition) is 3. The molecule has 0 saturated heterocycles. The van der Waals surface area contributed by atoms with Crippen molar-refractivity contribution in [2.24, 2.45) is 0 Å². The van der Waals surface area contributed by atoms with Crippen molar-refractivity contribution in [3.8, 4) is 5.75 Å². The zero-order valence-electron chi connectivity index (χ0n) is 9.95. The van der Waals surface area contributed by atoms with Crippen molar-refractivity contribution in [1.82, 2.24) is 0 Å². The van der Waals surface area contributed by atoms with Gasteiger partial charge < -0.3 is 15.2 Å². The second-order valence-corrected chi connectivity index (χ2v) is 5.31. The highest BCUT2D eigenvalue weighted by Crippen LogP contribution is 2.29. The minimum absolute atomic E-state index is 0.170. The molecule has 2 rings (SSSR count). The molecule has 1 aromatic rings. The van der Waals surface area contributed by atoms with Crippen molar-refractivity contribution in [2.45, 2.75) is 37.8 Å². The van der Waals surface area contributed by atoms with Crippen LogP contribution in [-0.4, -0.2) is 24.4 Å². The number of anilines is 1. The summed E-state index contributed by atoms with van der Waals surface area (Å²) in [6, 6.07) is 6.05. The van der Waals surface area contributed by atoms with E-state index in [9.17, 15) is 5.11 Å². The van der Waals surface area contributed by atoms with Gasteiger partial charge in [0, 0.05) is 5.69 Å². The van der Waals surface area contributed by atoms with E-state index in [0.717, 1.165) is 35.2 Å². The minimum Gasteiger partial charge on any atom is -0.496 e. The number of aliphatic hydroxyl groups is 1. The molecular formula is C13H18BrNO2. The second kappa shape index (κ2) is 5.74. The number of halogens is 1. The average Bonchev–Trinajstić information content (AvgIpc) is 2.32. The number of hydrogen-bond donors (Lipinski definition) is 2. The predicted molar refractivity (Wildman–Crippen MR) is 72.6 cm³/mol. The highest BCUT2D eigenvalue weighted by Gasteiger charge is 2.22. The zero-order valence-corrected chi connectivity index (χ0v) is 11.5. The van der Waals surface area contributed by atoms with Crippen molar-refractivity contribution in [2.75, 3.05) is 12.4 Å². The fourth-order valence-corrected chi connectivity index (χ4v) is 2.79. The van der Waals surface area contributed by atoms with Crippen LogP contribution >= 0.6 is 15.9 Å². The van der Waals surface area contributed by atoms with Crippen molar-refractivity contribution in [3.05, 3.63) is 22.7 Å². The number of ether oxygens (including phenoxy) is 1. The molecule has 17 heavy (non-hydrogen) atoms. The monoisotopic (exact) mass is 299 g/mol. The van der Waals surface area contributed by atoms with Gasteiger partial charge in [-0.05, 0) is 47.0 Å². The Hall–Kier alpha value is -0.740. The van der Waals surface area contributed by atoms with Crippen LogP contribution in [0.25, 0.3) is 0 Å². The Bertz CT molecular complexity index is 384. The topological polar surface area (TPSA) is 41.5 Å². The van der Waals surface area contributed by atoms with Crippen molar-refractivity contribution < 1.29 is 9.84 Å². The molecule has 0 amide bonds. The number of nitrogens with one attached hydrogen (secondary N) is 1. The Balaban J connectivity index is 2.05. The van der Waals surface area contributed by atoms with Gasteiger partial charge in [-0.2, -0.15) is 0 Å². The molecule has 0 heterocycles. The third kappa shape index (κ3) is 3.13. The second-order valence-electron chi connectivity index (χ2n) is 4.45. The van der Waals surface area contributed by atoms with E-state index in [4.69, 9.17) is 4.74 Å². The lowest BCUT2D eigenvalue weighted by Gasteiger charge is -2.29. The van der Waals surface area contributed by atoms with E-state index in [1.807, 2.05) is 18.2 Å². The summed E-state index contributed by atoms with van der Waals surface area (Å²) in [6.07, 6.45) is 4.02. The molecule has 2 unspecified atom stereocenters. The standard InChI is InChI=1S/C13H18BrNO2/c1-17-13-7-6-9(8-10(13)14)15-11-4-2-3-5-12(11)16/h6-8,11-12,15-16H,2-5H2,1H3. The van der Waals surface area contributed by atoms with Gasteiger partial charge >= 0.3 is 0 Å². The molecule has 2 atom stereocenters. The third-order valence-corrected chi connectivity index (χ3v) is 3.85. The lowest BCUT2D eigenvalue weighted by Crippen LogP contribution is -2.36. The Morgan fingerprint density at radius 2 is 2.12 bits per heavy atom. The molecule has 0 bridgehead atoms. The molecule has 3 nitrogen and oxygen atoms in total. The highest BCUT2D eigenvalue weighted by molar-refractivity contribution is 9.10. The van der Waals surface area contributed by atoms with Gasteiger partial charge in [0.2, 0.25) is 0 Å². The van der Waals surface area contributed by atoms with E-state index in [1.165, 1.54) is 6.42 Å². The smallest absolute Gasteiger partial charge is 0.133 e. The molecule has 1 aliphatic rings. The molecule has 1 fully saturated rings. The van der Waals surface area contributed by atoms with E-state index in [-0.39, 0.29) is 12.1 Å². The Kier molecular flexibility index (Phi) is 4.29. The molecule has 1 aliphatic carbocycles. The Morgan fingerprint density at radius 1 is 1.35 bits per heavy atom. The van der Waals surface area contributed by atoms with Crippen LogP contribution in [0.3, 0.4) is 0 Å². The molecule has 1 saturated carbocycles. The first-order valence-corrected chi connectivity index (χ1v) is 6.78. The maximum atomic E-state index is 9.90. The Morgan fingerprint density at radius 3 is 2.76 bits per heavy atom. The van der Waals surface area contributed by atoms with Gasteiger partial charge in [0.1, 0.15) is 5.75 Å². The van der Waals surface area contributed by atoms with Crippen LogP contribution in [0.4, 0.5) is 5.69 Å². The molecule has 0 aliphatic heterocycles. The summed E-state index contributed by atoms with van der Waals surface area (Å²) < 4.78 is 6.11. The van der Waals surface area contributed by atoms with Gasteiger partial charge in [0.15, 0.2) is 0 Å². The molecule has 94 valence electrons. The lowest BCUT2D eigenvalue weighted by molar-refractivity contribution is 0.116. The van der Waals surface area contributed by atoms with Crippen molar-refractivity contribution in [3.63, 3.8) is 0 Å². The van der Waals surface area contributed by atoms with Crippen LogP contribution in [0, 0.1) is 0 Å². The molecule has 0 aromatic heterocycles. The molecule has 4 heteroatoms. The van der Waals surface area contributed by atoms with Gasteiger partial charge in [-0.25, -0.2) is 0 Å². The summed E-state index contributed by atoms with van der Waals surface area (Å²) in [5.41, 5.74) is 1.02. The predicted octanol–water partition coefficient (Wildman–Crippen LogP) is 3.17. The first-order chi connectivity index (χ1) is 8.20. The fourth-order valence-electron chi connectivity index (χ4n) is 2.25. The van der Waals surface area contributed by atoms with Crippen LogP contribution in [0.2, 0.25) is 0 Å². The summed E-state index contributed by atoms with van der Waals surface area (Å²) >= 11 is 3.46. The minimum atomic E-state index is -0.232. The first kappa shape index (κ1) is 12.7. The van der Waals surface area contributed by atoms with Gasteiger partial charge in [0.05, 0.1) is 23.7 Å². The summed E-state index contributed by atoms with van der Waals surface area (Å²) in [5.74, 6) is 0.819. The first-order valence-electron chi connectivity index (χ1n) is 5.99. The average molecular weight is 300 g/mol. The van der Waals surface area contributed by atoms with Gasteiger partial charge in [-0.1, -0.05) is 12.8 Å². The van der Waals surface area contributed by atoms with Crippen LogP contribution in [0.15, 0.2) is 22.7 Å². The van der Waals surface area contributed by atoms with Crippen molar-refractivity contribution >= 4 is 21.6 Å². The quantitative estimate of drug-likeness (QED) is 0.901. The third-order valence-electron chi connectivity index (χ3n) is 3.23.